The second-order valence-electron chi connectivity index (χ2n) is 16.6. The second-order valence-corrected chi connectivity index (χ2v) is 16.6. The van der Waals surface area contributed by atoms with Crippen molar-refractivity contribution in [1.82, 2.24) is 4.90 Å². The monoisotopic (exact) mass is 718 g/mol. The third-order valence-corrected chi connectivity index (χ3v) is 11.7. The molecular formula is C48H95NO2. The number of carbonyl (C=O) groups is 1. The van der Waals surface area contributed by atoms with Gasteiger partial charge in [-0.1, -0.05) is 194 Å². The lowest BCUT2D eigenvalue weighted by Gasteiger charge is -2.22. The molecule has 0 saturated carbocycles. The average Bonchev–Trinajstić information content (AvgIpc) is 3.14. The quantitative estimate of drug-likeness (QED) is 0.0504. The minimum absolute atomic E-state index is 0.312. The molecule has 0 aliphatic heterocycles. The van der Waals surface area contributed by atoms with E-state index in [-0.39, 0.29) is 0 Å². The van der Waals surface area contributed by atoms with E-state index in [4.69, 9.17) is 0 Å². The summed E-state index contributed by atoms with van der Waals surface area (Å²) < 4.78 is 0. The summed E-state index contributed by atoms with van der Waals surface area (Å²) in [4.78, 5) is 15.5. The third kappa shape index (κ3) is 33.6. The summed E-state index contributed by atoms with van der Waals surface area (Å²) >= 11 is 0. The summed E-state index contributed by atoms with van der Waals surface area (Å²) in [6.07, 6.45) is 44.9. The highest BCUT2D eigenvalue weighted by Gasteiger charge is 2.17. The van der Waals surface area contributed by atoms with Gasteiger partial charge in [0.2, 0.25) is 0 Å². The smallest absolute Gasteiger partial charge is 0.135 e. The SMILES string of the molecule is C=C(CCCCCCCCCCN(CCCO)CCCCCCCCCCC(=O)C(CCCC)CCCCCC)C(CCCC)CCCCCC. The molecule has 1 N–H and O–H groups in total. The van der Waals surface area contributed by atoms with E-state index in [9.17, 15) is 9.90 Å². The van der Waals surface area contributed by atoms with Crippen molar-refractivity contribution in [3.8, 4) is 0 Å². The van der Waals surface area contributed by atoms with Gasteiger partial charge >= 0.3 is 0 Å². The lowest BCUT2D eigenvalue weighted by atomic mass is 9.86. The molecule has 0 aliphatic carbocycles. The molecule has 0 aromatic carbocycles. The fourth-order valence-electron chi connectivity index (χ4n) is 8.04. The Kier molecular flexibility index (Phi) is 40.0. The summed E-state index contributed by atoms with van der Waals surface area (Å²) in [6, 6.07) is 0. The number of aliphatic hydroxyl groups excluding tert-OH is 1. The normalized spacial score (nSPS) is 12.9. The van der Waals surface area contributed by atoms with Crippen molar-refractivity contribution < 1.29 is 9.90 Å². The van der Waals surface area contributed by atoms with Crippen LogP contribution in [0.1, 0.15) is 252 Å². The van der Waals surface area contributed by atoms with Crippen molar-refractivity contribution >= 4 is 5.78 Å². The van der Waals surface area contributed by atoms with Crippen LogP contribution in [0.15, 0.2) is 12.2 Å². The first-order chi connectivity index (χ1) is 25.0. The largest absolute Gasteiger partial charge is 0.396 e. The summed E-state index contributed by atoms with van der Waals surface area (Å²) in [5.74, 6) is 1.68. The number of Topliss-reactive ketones (excluding diaryl/α,β-unsaturated/α-hetero) is 1. The Morgan fingerprint density at radius 1 is 0.431 bits per heavy atom. The van der Waals surface area contributed by atoms with Gasteiger partial charge in [-0.2, -0.15) is 0 Å². The molecule has 0 aliphatic rings. The third-order valence-electron chi connectivity index (χ3n) is 11.7. The molecule has 51 heavy (non-hydrogen) atoms. The molecular weight excluding hydrogens is 623 g/mol. The van der Waals surface area contributed by atoms with Gasteiger partial charge in [-0.05, 0) is 83.2 Å². The Hall–Kier alpha value is -0.670. The highest BCUT2D eigenvalue weighted by molar-refractivity contribution is 5.80. The number of nitrogens with zero attached hydrogens (tertiary/aromatic N) is 1. The van der Waals surface area contributed by atoms with Crippen LogP contribution in [0.5, 0.6) is 0 Å². The number of allylic oxidation sites excluding steroid dienone is 1. The molecule has 3 nitrogen and oxygen atoms in total. The van der Waals surface area contributed by atoms with Gasteiger partial charge in [0.15, 0.2) is 0 Å². The van der Waals surface area contributed by atoms with Gasteiger partial charge in [-0.25, -0.2) is 0 Å². The van der Waals surface area contributed by atoms with Crippen LogP contribution in [0.2, 0.25) is 0 Å². The first-order valence-corrected chi connectivity index (χ1v) is 23.6. The summed E-state index contributed by atoms with van der Waals surface area (Å²) in [5.41, 5.74) is 1.56. The predicted octanol–water partition coefficient (Wildman–Crippen LogP) is 15.4. The molecule has 0 bridgehead atoms. The fourth-order valence-corrected chi connectivity index (χ4v) is 8.04. The minimum atomic E-state index is 0.312. The molecule has 0 radical (unpaired) electrons. The first kappa shape index (κ1) is 50.3. The van der Waals surface area contributed by atoms with Crippen molar-refractivity contribution in [3.63, 3.8) is 0 Å². The van der Waals surface area contributed by atoms with E-state index in [1.165, 1.54) is 206 Å². The van der Waals surface area contributed by atoms with Crippen molar-refractivity contribution in [1.29, 1.82) is 0 Å². The van der Waals surface area contributed by atoms with Crippen molar-refractivity contribution in [2.75, 3.05) is 26.2 Å². The zero-order valence-corrected chi connectivity index (χ0v) is 35.7. The molecule has 0 saturated heterocycles. The van der Waals surface area contributed by atoms with Crippen LogP contribution in [0.25, 0.3) is 0 Å². The zero-order valence-electron chi connectivity index (χ0n) is 35.7. The summed E-state index contributed by atoms with van der Waals surface area (Å²) in [5, 5.41) is 9.41. The highest BCUT2D eigenvalue weighted by Crippen LogP contribution is 2.28. The van der Waals surface area contributed by atoms with Crippen LogP contribution in [0.3, 0.4) is 0 Å². The van der Waals surface area contributed by atoms with E-state index in [1.807, 2.05) is 0 Å². The maximum atomic E-state index is 12.9. The molecule has 0 aromatic heterocycles. The van der Waals surface area contributed by atoms with Gasteiger partial charge < -0.3 is 10.0 Å². The maximum Gasteiger partial charge on any atom is 0.135 e. The lowest BCUT2D eigenvalue weighted by molar-refractivity contribution is -0.123. The number of carbonyl (C=O) groups excluding carboxylic acids is 1. The summed E-state index contributed by atoms with van der Waals surface area (Å²) in [6.45, 7) is 17.4. The van der Waals surface area contributed by atoms with Gasteiger partial charge in [-0.15, -0.1) is 0 Å². The number of rotatable bonds is 43. The van der Waals surface area contributed by atoms with Crippen LogP contribution in [0.4, 0.5) is 0 Å². The first-order valence-electron chi connectivity index (χ1n) is 23.6. The van der Waals surface area contributed by atoms with Gasteiger partial charge in [-0.3, -0.25) is 4.79 Å². The molecule has 0 spiro atoms. The van der Waals surface area contributed by atoms with Gasteiger partial charge in [0, 0.05) is 25.5 Å². The molecule has 2 unspecified atom stereocenters. The Morgan fingerprint density at radius 2 is 0.784 bits per heavy atom. The number of hydrogen-bond acceptors (Lipinski definition) is 3. The minimum Gasteiger partial charge on any atom is -0.396 e. The van der Waals surface area contributed by atoms with E-state index in [0.29, 0.717) is 18.3 Å². The highest BCUT2D eigenvalue weighted by atomic mass is 16.3. The van der Waals surface area contributed by atoms with E-state index in [0.717, 1.165) is 44.6 Å². The number of ketones is 1. The Balaban J connectivity index is 3.91. The Labute approximate surface area is 322 Å². The van der Waals surface area contributed by atoms with Crippen LogP contribution in [-0.4, -0.2) is 42.0 Å². The number of hydrogen-bond donors (Lipinski definition) is 1. The Morgan fingerprint density at radius 3 is 1.25 bits per heavy atom. The molecule has 0 fully saturated rings. The van der Waals surface area contributed by atoms with E-state index < -0.39 is 0 Å². The second kappa shape index (κ2) is 40.5. The lowest BCUT2D eigenvalue weighted by Crippen LogP contribution is -2.27. The molecule has 2 atom stereocenters. The number of unbranched alkanes of at least 4 members (excludes halogenated alkanes) is 22. The van der Waals surface area contributed by atoms with E-state index in [2.05, 4.69) is 39.2 Å². The van der Waals surface area contributed by atoms with Crippen LogP contribution >= 0.6 is 0 Å². The van der Waals surface area contributed by atoms with Crippen molar-refractivity contribution in [2.45, 2.75) is 252 Å². The zero-order chi connectivity index (χ0) is 37.5. The maximum absolute atomic E-state index is 12.9. The number of aliphatic hydroxyl groups is 1. The van der Waals surface area contributed by atoms with E-state index in [1.54, 1.807) is 5.57 Å². The van der Waals surface area contributed by atoms with Crippen LogP contribution < -0.4 is 0 Å². The average molecular weight is 718 g/mol. The van der Waals surface area contributed by atoms with Crippen molar-refractivity contribution in [3.05, 3.63) is 12.2 Å². The van der Waals surface area contributed by atoms with Gasteiger partial charge in [0.25, 0.3) is 0 Å². The molecule has 0 heterocycles. The molecule has 0 amide bonds. The van der Waals surface area contributed by atoms with Gasteiger partial charge in [0.1, 0.15) is 5.78 Å². The van der Waals surface area contributed by atoms with E-state index >= 15 is 0 Å². The molecule has 0 rings (SSSR count). The Bertz CT molecular complexity index is 664. The van der Waals surface area contributed by atoms with Crippen LogP contribution in [0, 0.1) is 11.8 Å². The fraction of sp³-hybridized carbons (Fsp3) is 0.938. The summed E-state index contributed by atoms with van der Waals surface area (Å²) in [7, 11) is 0. The predicted molar refractivity (Wildman–Crippen MR) is 229 cm³/mol. The molecule has 304 valence electrons. The molecule has 3 heteroatoms. The van der Waals surface area contributed by atoms with Crippen molar-refractivity contribution in [2.24, 2.45) is 11.8 Å². The standard InChI is InChI=1S/C48H95NO2/c1-6-10-14-29-38-46(36-12-8-3)45(5)35-28-24-20-16-18-22-26-32-41-49(43-34-44-50)42-33-27-23-19-17-21-25-31-40-48(51)47(37-13-9-4)39-30-15-11-7-2/h46-47,50H,5-44H2,1-4H3. The van der Waals surface area contributed by atoms with Gasteiger partial charge in [0.05, 0.1) is 0 Å². The topological polar surface area (TPSA) is 40.5 Å². The van der Waals surface area contributed by atoms with Crippen LogP contribution in [-0.2, 0) is 4.79 Å². The molecule has 0 aromatic rings.